The van der Waals surface area contributed by atoms with Crippen LogP contribution >= 0.6 is 22.9 Å². The van der Waals surface area contributed by atoms with E-state index < -0.39 is 22.0 Å². The number of ether oxygens (including phenoxy) is 1. The van der Waals surface area contributed by atoms with Gasteiger partial charge in [0.25, 0.3) is 10.0 Å². The number of primary amides is 1. The number of thiophene rings is 1. The molecule has 1 aliphatic rings. The SMILES string of the molecule is COc1ccsc1S(=O)(=O)N1CCN([C@@H](C(N)=O)c2ccc(Cl)cc2)CC1. The molecule has 1 aliphatic heterocycles. The molecule has 1 aromatic heterocycles. The normalized spacial score (nSPS) is 17.6. The van der Waals surface area contributed by atoms with E-state index in [-0.39, 0.29) is 17.3 Å². The lowest BCUT2D eigenvalue weighted by Gasteiger charge is -2.37. The van der Waals surface area contributed by atoms with Crippen LogP contribution in [-0.2, 0) is 14.8 Å². The molecule has 1 atom stereocenters. The zero-order valence-corrected chi connectivity index (χ0v) is 17.1. The largest absolute Gasteiger partial charge is 0.494 e. The van der Waals surface area contributed by atoms with E-state index in [1.54, 1.807) is 35.7 Å². The molecule has 0 aliphatic carbocycles. The Bertz CT molecular complexity index is 907. The average Bonchev–Trinajstić information content (AvgIpc) is 3.13. The van der Waals surface area contributed by atoms with Gasteiger partial charge in [-0.15, -0.1) is 11.3 Å². The smallest absolute Gasteiger partial charge is 0.256 e. The molecule has 7 nitrogen and oxygen atoms in total. The number of piperazine rings is 1. The first-order valence-electron chi connectivity index (χ1n) is 8.25. The van der Waals surface area contributed by atoms with E-state index in [2.05, 4.69) is 0 Å². The zero-order valence-electron chi connectivity index (χ0n) is 14.7. The van der Waals surface area contributed by atoms with Crippen molar-refractivity contribution in [2.45, 2.75) is 10.3 Å². The second-order valence-corrected chi connectivity index (χ2v) is 9.56. The van der Waals surface area contributed by atoms with Crippen LogP contribution < -0.4 is 10.5 Å². The van der Waals surface area contributed by atoms with Gasteiger partial charge in [-0.05, 0) is 29.1 Å². The summed E-state index contributed by atoms with van der Waals surface area (Å²) >= 11 is 7.04. The molecule has 1 fully saturated rings. The summed E-state index contributed by atoms with van der Waals surface area (Å²) in [7, 11) is -2.19. The van der Waals surface area contributed by atoms with E-state index in [1.165, 1.54) is 11.4 Å². The third-order valence-corrected chi connectivity index (χ3v) is 8.06. The van der Waals surface area contributed by atoms with E-state index >= 15 is 0 Å². The van der Waals surface area contributed by atoms with Gasteiger partial charge in [-0.1, -0.05) is 23.7 Å². The fourth-order valence-electron chi connectivity index (χ4n) is 3.14. The minimum Gasteiger partial charge on any atom is -0.494 e. The van der Waals surface area contributed by atoms with Gasteiger partial charge < -0.3 is 10.5 Å². The highest BCUT2D eigenvalue weighted by molar-refractivity contribution is 7.91. The molecule has 146 valence electrons. The number of rotatable bonds is 6. The first kappa shape index (κ1) is 20.1. The van der Waals surface area contributed by atoms with Gasteiger partial charge in [-0.25, -0.2) is 8.42 Å². The van der Waals surface area contributed by atoms with E-state index in [1.807, 2.05) is 4.90 Å². The van der Waals surface area contributed by atoms with E-state index in [0.29, 0.717) is 23.9 Å². The Morgan fingerprint density at radius 3 is 2.37 bits per heavy atom. The summed E-state index contributed by atoms with van der Waals surface area (Å²) in [5.74, 6) is -0.132. The van der Waals surface area contributed by atoms with Crippen LogP contribution in [0.4, 0.5) is 0 Å². The number of sulfonamides is 1. The molecule has 1 amide bonds. The molecular weight excluding hydrogens is 410 g/mol. The molecule has 2 N–H and O–H groups in total. The van der Waals surface area contributed by atoms with Crippen molar-refractivity contribution < 1.29 is 17.9 Å². The van der Waals surface area contributed by atoms with Crippen LogP contribution in [0.5, 0.6) is 5.75 Å². The van der Waals surface area contributed by atoms with Gasteiger partial charge in [-0.2, -0.15) is 4.31 Å². The van der Waals surface area contributed by atoms with Gasteiger partial charge in [0.2, 0.25) is 5.91 Å². The Hall–Kier alpha value is -1.65. The molecule has 0 bridgehead atoms. The van der Waals surface area contributed by atoms with Crippen LogP contribution in [0.1, 0.15) is 11.6 Å². The van der Waals surface area contributed by atoms with Gasteiger partial charge in [0.05, 0.1) is 7.11 Å². The molecule has 2 heterocycles. The van der Waals surface area contributed by atoms with Gasteiger partial charge in [0, 0.05) is 31.2 Å². The van der Waals surface area contributed by atoms with Gasteiger partial charge in [-0.3, -0.25) is 9.69 Å². The Labute approximate surface area is 167 Å². The van der Waals surface area contributed by atoms with Crippen molar-refractivity contribution in [1.29, 1.82) is 0 Å². The second-order valence-electron chi connectivity index (χ2n) is 6.07. The topological polar surface area (TPSA) is 92.9 Å². The molecule has 2 aromatic rings. The number of carbonyl (C=O) groups excluding carboxylic acids is 1. The maximum Gasteiger partial charge on any atom is 0.256 e. The summed E-state index contributed by atoms with van der Waals surface area (Å²) in [4.78, 5) is 13.9. The Kier molecular flexibility index (Phi) is 6.07. The van der Waals surface area contributed by atoms with Gasteiger partial charge in [0.15, 0.2) is 4.21 Å². The molecule has 27 heavy (non-hydrogen) atoms. The monoisotopic (exact) mass is 429 g/mol. The van der Waals surface area contributed by atoms with Crippen molar-refractivity contribution >= 4 is 38.9 Å². The number of halogens is 1. The Morgan fingerprint density at radius 2 is 1.81 bits per heavy atom. The van der Waals surface area contributed by atoms with Gasteiger partial charge in [0.1, 0.15) is 11.8 Å². The maximum atomic E-state index is 12.9. The molecule has 0 unspecified atom stereocenters. The van der Waals surface area contributed by atoms with Crippen LogP contribution in [-0.4, -0.2) is 56.8 Å². The number of amides is 1. The number of benzene rings is 1. The highest BCUT2D eigenvalue weighted by atomic mass is 35.5. The van der Waals surface area contributed by atoms with Crippen LogP contribution in [0.2, 0.25) is 5.02 Å². The van der Waals surface area contributed by atoms with E-state index in [4.69, 9.17) is 22.1 Å². The lowest BCUT2D eigenvalue weighted by molar-refractivity contribution is -0.124. The first-order valence-corrected chi connectivity index (χ1v) is 10.9. The van der Waals surface area contributed by atoms with E-state index in [9.17, 15) is 13.2 Å². The summed E-state index contributed by atoms with van der Waals surface area (Å²) in [6.45, 7) is 1.31. The molecular formula is C17H20ClN3O4S2. The summed E-state index contributed by atoms with van der Waals surface area (Å²) in [5, 5.41) is 2.26. The first-order chi connectivity index (χ1) is 12.8. The van der Waals surface area contributed by atoms with Crippen LogP contribution in [0.25, 0.3) is 0 Å². The summed E-state index contributed by atoms with van der Waals surface area (Å²) in [6.07, 6.45) is 0. The third kappa shape index (κ3) is 4.12. The van der Waals surface area contributed by atoms with Crippen molar-refractivity contribution in [3.63, 3.8) is 0 Å². The van der Waals surface area contributed by atoms with E-state index in [0.717, 1.165) is 16.9 Å². The standard InChI is InChI=1S/C17H20ClN3O4S2/c1-25-14-6-11-26-17(14)27(23,24)21-9-7-20(8-10-21)15(16(19)22)12-2-4-13(18)5-3-12/h2-6,11,15H,7-10H2,1H3,(H2,19,22)/t15-/m1/s1. The predicted octanol–water partition coefficient (Wildman–Crippen LogP) is 1.94. The summed E-state index contributed by atoms with van der Waals surface area (Å²) in [5.41, 5.74) is 6.35. The number of hydrogen-bond acceptors (Lipinski definition) is 6. The Balaban J connectivity index is 1.75. The van der Waals surface area contributed by atoms with Crippen molar-refractivity contribution in [3.05, 3.63) is 46.3 Å². The number of methoxy groups -OCH3 is 1. The number of nitrogens with two attached hydrogens (primary N) is 1. The van der Waals surface area contributed by atoms with Crippen molar-refractivity contribution in [2.75, 3.05) is 33.3 Å². The predicted molar refractivity (Wildman–Crippen MR) is 105 cm³/mol. The minimum absolute atomic E-state index is 0.197. The molecule has 3 rings (SSSR count). The number of nitrogens with zero attached hydrogens (tertiary/aromatic N) is 2. The summed E-state index contributed by atoms with van der Waals surface area (Å²) < 4.78 is 32.5. The van der Waals surface area contributed by atoms with Crippen LogP contribution in [0, 0.1) is 0 Å². The fourth-order valence-corrected chi connectivity index (χ4v) is 6.10. The zero-order chi connectivity index (χ0) is 19.6. The number of hydrogen-bond donors (Lipinski definition) is 1. The third-order valence-electron chi connectivity index (χ3n) is 4.48. The average molecular weight is 430 g/mol. The molecule has 0 saturated carbocycles. The van der Waals surface area contributed by atoms with Gasteiger partial charge >= 0.3 is 0 Å². The summed E-state index contributed by atoms with van der Waals surface area (Å²) in [6, 6.07) is 7.95. The van der Waals surface area contributed by atoms with Crippen molar-refractivity contribution in [2.24, 2.45) is 5.73 Å². The highest BCUT2D eigenvalue weighted by Gasteiger charge is 2.35. The highest BCUT2D eigenvalue weighted by Crippen LogP contribution is 2.33. The molecule has 1 saturated heterocycles. The van der Waals surface area contributed by atoms with Crippen molar-refractivity contribution in [1.82, 2.24) is 9.21 Å². The van der Waals surface area contributed by atoms with Crippen LogP contribution in [0.15, 0.2) is 39.9 Å². The minimum atomic E-state index is -3.63. The molecule has 0 radical (unpaired) electrons. The fraction of sp³-hybridized carbons (Fsp3) is 0.353. The molecule has 10 heteroatoms. The second kappa shape index (κ2) is 8.15. The van der Waals surface area contributed by atoms with Crippen molar-refractivity contribution in [3.8, 4) is 5.75 Å². The number of carbonyl (C=O) groups is 1. The lowest BCUT2D eigenvalue weighted by atomic mass is 10.0. The Morgan fingerprint density at radius 1 is 1.19 bits per heavy atom. The quantitative estimate of drug-likeness (QED) is 0.757. The maximum absolute atomic E-state index is 12.9. The lowest BCUT2D eigenvalue weighted by Crippen LogP contribution is -2.51. The van der Waals surface area contributed by atoms with Crippen LogP contribution in [0.3, 0.4) is 0 Å². The molecule has 0 spiro atoms. The molecule has 1 aromatic carbocycles.